The molecule has 0 aliphatic rings. The summed E-state index contributed by atoms with van der Waals surface area (Å²) < 4.78 is 36.7. The van der Waals surface area contributed by atoms with Gasteiger partial charge in [-0.2, -0.15) is 18.4 Å². The van der Waals surface area contributed by atoms with Gasteiger partial charge in [0.2, 0.25) is 5.91 Å². The summed E-state index contributed by atoms with van der Waals surface area (Å²) in [7, 11) is 0. The van der Waals surface area contributed by atoms with Crippen LogP contribution in [0.4, 0.5) is 13.2 Å². The highest BCUT2D eigenvalue weighted by Crippen LogP contribution is 2.20. The van der Waals surface area contributed by atoms with Crippen LogP contribution in [0, 0.1) is 17.2 Å². The summed E-state index contributed by atoms with van der Waals surface area (Å²) in [6.45, 7) is 3.28. The molecule has 0 fully saturated rings. The predicted molar refractivity (Wildman–Crippen MR) is 52.3 cm³/mol. The van der Waals surface area contributed by atoms with Crippen molar-refractivity contribution < 1.29 is 18.0 Å². The molecule has 0 saturated carbocycles. The maximum atomic E-state index is 12.2. The van der Waals surface area contributed by atoms with Gasteiger partial charge in [0, 0.05) is 6.04 Å². The van der Waals surface area contributed by atoms with Crippen molar-refractivity contribution in [2.75, 3.05) is 6.54 Å². The van der Waals surface area contributed by atoms with Crippen molar-refractivity contribution in [2.24, 2.45) is 5.92 Å². The molecule has 1 amide bonds. The lowest BCUT2D eigenvalue weighted by Gasteiger charge is -2.29. The quantitative estimate of drug-likeness (QED) is 0.752. The maximum Gasteiger partial charge on any atom is 0.406 e. The van der Waals surface area contributed by atoms with Gasteiger partial charge in [-0.1, -0.05) is 6.92 Å². The first kappa shape index (κ1) is 14.8. The summed E-state index contributed by atoms with van der Waals surface area (Å²) in [6.07, 6.45) is -4.22. The number of carbonyl (C=O) groups excluding carboxylic acids is 1. The Morgan fingerprint density at radius 1 is 1.44 bits per heavy atom. The van der Waals surface area contributed by atoms with Gasteiger partial charge >= 0.3 is 6.18 Å². The van der Waals surface area contributed by atoms with Crippen LogP contribution in [0.25, 0.3) is 0 Å². The Morgan fingerprint density at radius 3 is 2.19 bits per heavy atom. The van der Waals surface area contributed by atoms with Crippen molar-refractivity contribution in [3.63, 3.8) is 0 Å². The largest absolute Gasteiger partial charge is 0.406 e. The molecule has 0 aromatic carbocycles. The standard InChI is InChI=1S/C10H15F3N2O/c1-4-8(5-14)9(16)15(7(2)3)6-10(11,12)13/h7-8H,4,6H2,1-3H3. The highest BCUT2D eigenvalue weighted by atomic mass is 19.4. The molecule has 0 N–H and O–H groups in total. The van der Waals surface area contributed by atoms with Gasteiger partial charge < -0.3 is 4.90 Å². The Kier molecular flexibility index (Phi) is 5.28. The third kappa shape index (κ3) is 4.51. The second-order valence-electron chi connectivity index (χ2n) is 3.76. The number of rotatable bonds is 4. The van der Waals surface area contributed by atoms with E-state index in [1.165, 1.54) is 13.8 Å². The van der Waals surface area contributed by atoms with Crippen molar-refractivity contribution in [1.82, 2.24) is 4.90 Å². The van der Waals surface area contributed by atoms with Crippen LogP contribution in [0.3, 0.4) is 0 Å². The number of alkyl halides is 3. The van der Waals surface area contributed by atoms with Crippen LogP contribution in [0.5, 0.6) is 0 Å². The molecule has 0 radical (unpaired) electrons. The van der Waals surface area contributed by atoms with Gasteiger partial charge in [-0.25, -0.2) is 0 Å². The highest BCUT2D eigenvalue weighted by Gasteiger charge is 2.36. The van der Waals surface area contributed by atoms with Crippen molar-refractivity contribution >= 4 is 5.91 Å². The van der Waals surface area contributed by atoms with E-state index >= 15 is 0 Å². The fraction of sp³-hybridized carbons (Fsp3) is 0.800. The van der Waals surface area contributed by atoms with E-state index in [0.717, 1.165) is 0 Å². The Morgan fingerprint density at radius 2 is 1.94 bits per heavy atom. The van der Waals surface area contributed by atoms with Gasteiger partial charge in [-0.3, -0.25) is 4.79 Å². The SMILES string of the molecule is CCC(C#N)C(=O)N(CC(F)(F)F)C(C)C. The van der Waals surface area contributed by atoms with E-state index in [4.69, 9.17) is 5.26 Å². The first-order valence-electron chi connectivity index (χ1n) is 4.99. The second kappa shape index (κ2) is 5.73. The molecule has 0 aliphatic heterocycles. The Hall–Kier alpha value is -1.25. The minimum atomic E-state index is -4.44. The normalized spacial score (nSPS) is 13.4. The lowest BCUT2D eigenvalue weighted by atomic mass is 10.1. The smallest absolute Gasteiger partial charge is 0.330 e. The van der Waals surface area contributed by atoms with E-state index in [2.05, 4.69) is 0 Å². The number of nitriles is 1. The van der Waals surface area contributed by atoms with Crippen LogP contribution in [-0.2, 0) is 4.79 Å². The average Bonchev–Trinajstić information content (AvgIpc) is 2.14. The van der Waals surface area contributed by atoms with Gasteiger partial charge in [0.1, 0.15) is 12.5 Å². The molecule has 1 atom stereocenters. The van der Waals surface area contributed by atoms with E-state index in [1.807, 2.05) is 0 Å². The average molecular weight is 236 g/mol. The zero-order chi connectivity index (χ0) is 12.9. The number of hydrogen-bond donors (Lipinski definition) is 0. The minimum absolute atomic E-state index is 0.219. The zero-order valence-corrected chi connectivity index (χ0v) is 9.51. The molecular weight excluding hydrogens is 221 g/mol. The summed E-state index contributed by atoms with van der Waals surface area (Å²) >= 11 is 0. The number of amides is 1. The summed E-state index contributed by atoms with van der Waals surface area (Å²) in [5, 5.41) is 8.65. The molecule has 0 heterocycles. The Bertz CT molecular complexity index is 281. The topological polar surface area (TPSA) is 44.1 Å². The van der Waals surface area contributed by atoms with Crippen molar-refractivity contribution in [3.8, 4) is 6.07 Å². The van der Waals surface area contributed by atoms with E-state index in [-0.39, 0.29) is 6.42 Å². The Balaban J connectivity index is 4.81. The lowest BCUT2D eigenvalue weighted by molar-refractivity contribution is -0.166. The molecule has 0 saturated heterocycles. The lowest BCUT2D eigenvalue weighted by Crippen LogP contribution is -2.45. The molecular formula is C10H15F3N2O. The van der Waals surface area contributed by atoms with Crippen LogP contribution in [0.1, 0.15) is 27.2 Å². The zero-order valence-electron chi connectivity index (χ0n) is 9.51. The molecule has 3 nitrogen and oxygen atoms in total. The third-order valence-corrected chi connectivity index (χ3v) is 2.12. The van der Waals surface area contributed by atoms with E-state index < -0.39 is 30.6 Å². The molecule has 0 aromatic heterocycles. The van der Waals surface area contributed by atoms with Crippen LogP contribution in [0.15, 0.2) is 0 Å². The van der Waals surface area contributed by atoms with Crippen LogP contribution in [-0.4, -0.2) is 29.6 Å². The van der Waals surface area contributed by atoms with Gasteiger partial charge in [-0.15, -0.1) is 0 Å². The highest BCUT2D eigenvalue weighted by molar-refractivity contribution is 5.81. The van der Waals surface area contributed by atoms with E-state index in [0.29, 0.717) is 4.90 Å². The number of halogens is 3. The third-order valence-electron chi connectivity index (χ3n) is 2.12. The maximum absolute atomic E-state index is 12.2. The predicted octanol–water partition coefficient (Wildman–Crippen LogP) is 2.34. The number of carbonyl (C=O) groups is 1. The molecule has 0 aromatic rings. The molecule has 0 aliphatic carbocycles. The van der Waals surface area contributed by atoms with Crippen molar-refractivity contribution in [2.45, 2.75) is 39.4 Å². The van der Waals surface area contributed by atoms with Gasteiger partial charge in [-0.05, 0) is 20.3 Å². The summed E-state index contributed by atoms with van der Waals surface area (Å²) in [5.74, 6) is -1.75. The summed E-state index contributed by atoms with van der Waals surface area (Å²) in [5.41, 5.74) is 0. The minimum Gasteiger partial charge on any atom is -0.330 e. The monoisotopic (exact) mass is 236 g/mol. The molecule has 6 heteroatoms. The molecule has 0 rings (SSSR count). The molecule has 92 valence electrons. The molecule has 1 unspecified atom stereocenters. The van der Waals surface area contributed by atoms with Crippen molar-refractivity contribution in [1.29, 1.82) is 5.26 Å². The molecule has 0 bridgehead atoms. The number of nitrogens with zero attached hydrogens (tertiary/aromatic N) is 2. The van der Waals surface area contributed by atoms with E-state index in [1.54, 1.807) is 13.0 Å². The number of hydrogen-bond acceptors (Lipinski definition) is 2. The fourth-order valence-electron chi connectivity index (χ4n) is 1.23. The van der Waals surface area contributed by atoms with Gasteiger partial charge in [0.05, 0.1) is 6.07 Å². The van der Waals surface area contributed by atoms with Crippen LogP contribution in [0.2, 0.25) is 0 Å². The second-order valence-corrected chi connectivity index (χ2v) is 3.76. The van der Waals surface area contributed by atoms with E-state index in [9.17, 15) is 18.0 Å². The summed E-state index contributed by atoms with van der Waals surface area (Å²) in [4.78, 5) is 12.3. The molecule has 16 heavy (non-hydrogen) atoms. The van der Waals surface area contributed by atoms with Gasteiger partial charge in [0.25, 0.3) is 0 Å². The Labute approximate surface area is 92.8 Å². The van der Waals surface area contributed by atoms with Crippen LogP contribution >= 0.6 is 0 Å². The van der Waals surface area contributed by atoms with Gasteiger partial charge in [0.15, 0.2) is 0 Å². The molecule has 0 spiro atoms. The van der Waals surface area contributed by atoms with Crippen molar-refractivity contribution in [3.05, 3.63) is 0 Å². The fourth-order valence-corrected chi connectivity index (χ4v) is 1.23. The summed E-state index contributed by atoms with van der Waals surface area (Å²) in [6, 6.07) is 1.14. The first-order valence-corrected chi connectivity index (χ1v) is 4.99. The van der Waals surface area contributed by atoms with Crippen LogP contribution < -0.4 is 0 Å². The first-order chi connectivity index (χ1) is 7.22.